The lowest BCUT2D eigenvalue weighted by atomic mass is 10.0. The molecule has 0 saturated heterocycles. The number of ketones is 1. The maximum atomic E-state index is 12.7. The van der Waals surface area contributed by atoms with Crippen LogP contribution in [0.3, 0.4) is 0 Å². The topological polar surface area (TPSA) is 43.1 Å². The van der Waals surface area contributed by atoms with E-state index in [4.69, 9.17) is 17.3 Å². The summed E-state index contributed by atoms with van der Waals surface area (Å²) < 4.78 is 12.7. The first kappa shape index (κ1) is 11.6. The number of rotatable bonds is 2. The number of anilines is 1. The molecule has 4 heteroatoms. The van der Waals surface area contributed by atoms with Crippen molar-refractivity contribution in [2.45, 2.75) is 0 Å². The van der Waals surface area contributed by atoms with E-state index in [0.29, 0.717) is 16.1 Å². The molecule has 0 radical (unpaired) electrons. The van der Waals surface area contributed by atoms with Crippen molar-refractivity contribution in [3.8, 4) is 0 Å². The van der Waals surface area contributed by atoms with Crippen molar-refractivity contribution in [1.82, 2.24) is 0 Å². The molecule has 0 saturated carbocycles. The minimum atomic E-state index is -0.388. The predicted molar refractivity (Wildman–Crippen MR) is 65.7 cm³/mol. The van der Waals surface area contributed by atoms with Gasteiger partial charge < -0.3 is 5.73 Å². The van der Waals surface area contributed by atoms with Crippen molar-refractivity contribution in [3.05, 3.63) is 64.4 Å². The fourth-order valence-electron chi connectivity index (χ4n) is 1.49. The third kappa shape index (κ3) is 2.29. The third-order valence-corrected chi connectivity index (χ3v) is 2.73. The third-order valence-electron chi connectivity index (χ3n) is 2.40. The summed E-state index contributed by atoms with van der Waals surface area (Å²) in [6, 6.07) is 10.1. The van der Waals surface area contributed by atoms with E-state index in [9.17, 15) is 9.18 Å². The number of carbonyl (C=O) groups excluding carboxylic acids is 1. The highest BCUT2D eigenvalue weighted by atomic mass is 35.5. The van der Waals surface area contributed by atoms with Crippen LogP contribution in [0.2, 0.25) is 5.02 Å². The summed E-state index contributed by atoms with van der Waals surface area (Å²) >= 11 is 5.83. The molecule has 2 nitrogen and oxygen atoms in total. The van der Waals surface area contributed by atoms with Gasteiger partial charge >= 0.3 is 0 Å². The highest BCUT2D eigenvalue weighted by Gasteiger charge is 2.13. The fraction of sp³-hybridized carbons (Fsp3) is 0. The molecule has 2 aromatic rings. The zero-order chi connectivity index (χ0) is 12.4. The maximum absolute atomic E-state index is 12.7. The molecule has 2 N–H and O–H groups in total. The Balaban J connectivity index is 2.44. The van der Waals surface area contributed by atoms with Crippen LogP contribution in [0.5, 0.6) is 0 Å². The van der Waals surface area contributed by atoms with Gasteiger partial charge in [0.15, 0.2) is 5.78 Å². The monoisotopic (exact) mass is 249 g/mol. The number of halogens is 2. The largest absolute Gasteiger partial charge is 0.397 e. The molecule has 0 amide bonds. The van der Waals surface area contributed by atoms with Gasteiger partial charge in [0.25, 0.3) is 0 Å². The standard InChI is InChI=1S/C13H9ClFNO/c14-11-3-1-2-10(12(11)16)13(17)8-4-6-9(15)7-5-8/h1-7H,16H2. The summed E-state index contributed by atoms with van der Waals surface area (Å²) in [5, 5.41) is 0.331. The molecule has 0 heterocycles. The van der Waals surface area contributed by atoms with Crippen LogP contribution in [0.4, 0.5) is 10.1 Å². The molecule has 0 atom stereocenters. The summed E-state index contributed by atoms with van der Waals surface area (Å²) in [4.78, 5) is 12.1. The van der Waals surface area contributed by atoms with Gasteiger partial charge in [-0.2, -0.15) is 0 Å². The van der Waals surface area contributed by atoms with Crippen LogP contribution in [0, 0.1) is 5.82 Å². The second-order valence-electron chi connectivity index (χ2n) is 3.54. The molecule has 0 aliphatic carbocycles. The van der Waals surface area contributed by atoms with Crippen molar-refractivity contribution in [2.24, 2.45) is 0 Å². The molecule has 0 bridgehead atoms. The van der Waals surface area contributed by atoms with E-state index in [0.717, 1.165) is 0 Å². The Bertz CT molecular complexity index is 566. The van der Waals surface area contributed by atoms with E-state index in [-0.39, 0.29) is 17.3 Å². The first-order chi connectivity index (χ1) is 8.09. The lowest BCUT2D eigenvalue weighted by Crippen LogP contribution is -2.05. The van der Waals surface area contributed by atoms with Crippen LogP contribution in [0.15, 0.2) is 42.5 Å². The van der Waals surface area contributed by atoms with Crippen molar-refractivity contribution in [1.29, 1.82) is 0 Å². The van der Waals surface area contributed by atoms with Crippen molar-refractivity contribution in [3.63, 3.8) is 0 Å². The Morgan fingerprint density at radius 1 is 1.12 bits per heavy atom. The molecule has 86 valence electrons. The van der Waals surface area contributed by atoms with E-state index in [1.807, 2.05) is 0 Å². The minimum Gasteiger partial charge on any atom is -0.397 e. The van der Waals surface area contributed by atoms with Gasteiger partial charge in [-0.1, -0.05) is 17.7 Å². The number of hydrogen-bond acceptors (Lipinski definition) is 2. The van der Waals surface area contributed by atoms with Gasteiger partial charge in [-0.3, -0.25) is 4.79 Å². The number of hydrogen-bond donors (Lipinski definition) is 1. The number of nitrogen functional groups attached to an aromatic ring is 1. The molecule has 0 spiro atoms. The Morgan fingerprint density at radius 3 is 2.41 bits per heavy atom. The van der Waals surface area contributed by atoms with Crippen LogP contribution in [-0.2, 0) is 0 Å². The number of carbonyl (C=O) groups is 1. The van der Waals surface area contributed by atoms with E-state index >= 15 is 0 Å². The maximum Gasteiger partial charge on any atom is 0.195 e. The highest BCUT2D eigenvalue weighted by molar-refractivity contribution is 6.34. The van der Waals surface area contributed by atoms with Crippen LogP contribution in [0.25, 0.3) is 0 Å². The van der Waals surface area contributed by atoms with E-state index in [2.05, 4.69) is 0 Å². The summed E-state index contributed by atoms with van der Waals surface area (Å²) in [7, 11) is 0. The van der Waals surface area contributed by atoms with Gasteiger partial charge in [-0.15, -0.1) is 0 Å². The lowest BCUT2D eigenvalue weighted by Gasteiger charge is -2.06. The van der Waals surface area contributed by atoms with Crippen LogP contribution >= 0.6 is 11.6 Å². The second-order valence-corrected chi connectivity index (χ2v) is 3.94. The minimum absolute atomic E-state index is 0.239. The zero-order valence-corrected chi connectivity index (χ0v) is 9.54. The number of benzene rings is 2. The van der Waals surface area contributed by atoms with Gasteiger partial charge in [0.05, 0.1) is 10.7 Å². The Labute approximate surface area is 103 Å². The highest BCUT2D eigenvalue weighted by Crippen LogP contribution is 2.24. The van der Waals surface area contributed by atoms with Crippen LogP contribution < -0.4 is 5.73 Å². The van der Waals surface area contributed by atoms with Crippen molar-refractivity contribution >= 4 is 23.1 Å². The van der Waals surface area contributed by atoms with Crippen LogP contribution in [-0.4, -0.2) is 5.78 Å². The number of nitrogens with two attached hydrogens (primary N) is 1. The Hall–Kier alpha value is -1.87. The molecular weight excluding hydrogens is 241 g/mol. The van der Waals surface area contributed by atoms with Crippen LogP contribution in [0.1, 0.15) is 15.9 Å². The Kier molecular flexibility index (Phi) is 3.11. The Morgan fingerprint density at radius 2 is 1.76 bits per heavy atom. The van der Waals surface area contributed by atoms with Gasteiger partial charge in [0, 0.05) is 11.1 Å². The van der Waals surface area contributed by atoms with Crippen molar-refractivity contribution < 1.29 is 9.18 Å². The summed E-state index contributed by atoms with van der Waals surface area (Å²) in [6.45, 7) is 0. The van der Waals surface area contributed by atoms with E-state index < -0.39 is 0 Å². The summed E-state index contributed by atoms with van der Waals surface area (Å²) in [5.74, 6) is -0.661. The molecule has 0 aliphatic rings. The zero-order valence-electron chi connectivity index (χ0n) is 8.78. The van der Waals surface area contributed by atoms with Gasteiger partial charge in [0.1, 0.15) is 5.82 Å². The quantitative estimate of drug-likeness (QED) is 0.656. The average Bonchev–Trinajstić information content (AvgIpc) is 2.33. The number of para-hydroxylation sites is 1. The molecule has 0 fully saturated rings. The lowest BCUT2D eigenvalue weighted by molar-refractivity contribution is 0.103. The van der Waals surface area contributed by atoms with Gasteiger partial charge in [-0.25, -0.2) is 4.39 Å². The molecular formula is C13H9ClFNO. The molecule has 17 heavy (non-hydrogen) atoms. The SMILES string of the molecule is Nc1c(Cl)cccc1C(=O)c1ccc(F)cc1. The van der Waals surface area contributed by atoms with Gasteiger partial charge in [-0.05, 0) is 36.4 Å². The first-order valence-electron chi connectivity index (χ1n) is 4.94. The predicted octanol–water partition coefficient (Wildman–Crippen LogP) is 3.29. The smallest absolute Gasteiger partial charge is 0.195 e. The summed E-state index contributed by atoms with van der Waals surface area (Å²) in [5.41, 5.74) is 6.66. The molecule has 0 unspecified atom stereocenters. The normalized spacial score (nSPS) is 10.2. The molecule has 0 aliphatic heterocycles. The first-order valence-corrected chi connectivity index (χ1v) is 5.31. The summed E-state index contributed by atoms with van der Waals surface area (Å²) in [6.07, 6.45) is 0. The second kappa shape index (κ2) is 4.55. The van der Waals surface area contributed by atoms with E-state index in [1.165, 1.54) is 24.3 Å². The van der Waals surface area contributed by atoms with Crippen molar-refractivity contribution in [2.75, 3.05) is 5.73 Å². The average molecular weight is 250 g/mol. The molecule has 2 rings (SSSR count). The fourth-order valence-corrected chi connectivity index (χ4v) is 1.67. The molecule has 2 aromatic carbocycles. The van der Waals surface area contributed by atoms with Gasteiger partial charge in [0.2, 0.25) is 0 Å². The molecule has 0 aromatic heterocycles. The van der Waals surface area contributed by atoms with E-state index in [1.54, 1.807) is 18.2 Å².